The monoisotopic (exact) mass is 484 g/mol. The number of anilines is 1. The Hall–Kier alpha value is -2.31. The summed E-state index contributed by atoms with van der Waals surface area (Å²) in [5.74, 6) is 1.06. The first-order valence-electron chi connectivity index (χ1n) is 11.7. The number of aryl methyl sites for hydroxylation is 2. The molecule has 0 aliphatic carbocycles. The van der Waals surface area contributed by atoms with Crippen molar-refractivity contribution in [1.29, 1.82) is 0 Å². The Labute approximate surface area is 206 Å². The predicted molar refractivity (Wildman–Crippen MR) is 139 cm³/mol. The second kappa shape index (κ2) is 12.8. The second-order valence-electron chi connectivity index (χ2n) is 8.34. The molecular weight excluding hydrogens is 452 g/mol. The van der Waals surface area contributed by atoms with E-state index in [1.165, 1.54) is 43.9 Å². The van der Waals surface area contributed by atoms with E-state index in [4.69, 9.17) is 11.6 Å². The molecule has 0 bridgehead atoms. The Morgan fingerprint density at radius 3 is 2.33 bits per heavy atom. The molecule has 0 saturated heterocycles. The quantitative estimate of drug-likeness (QED) is 0.216. The van der Waals surface area contributed by atoms with Crippen molar-refractivity contribution in [2.24, 2.45) is 0 Å². The molecule has 5 nitrogen and oxygen atoms in total. The highest BCUT2D eigenvalue weighted by Gasteiger charge is 2.16. The molecule has 2 aromatic carbocycles. The summed E-state index contributed by atoms with van der Waals surface area (Å²) in [6, 6.07) is 13.7. The number of hydrogen-bond acceptors (Lipinski definition) is 4. The maximum Gasteiger partial charge on any atom is 0.234 e. The number of rotatable bonds is 12. The number of para-hydroxylation sites is 1. The Morgan fingerprint density at radius 1 is 0.970 bits per heavy atom. The van der Waals surface area contributed by atoms with Gasteiger partial charge in [-0.15, -0.1) is 10.2 Å². The highest BCUT2D eigenvalue weighted by atomic mass is 35.5. The highest BCUT2D eigenvalue weighted by molar-refractivity contribution is 7.99. The minimum atomic E-state index is -0.0421. The van der Waals surface area contributed by atoms with Gasteiger partial charge in [0.25, 0.3) is 0 Å². The third-order valence-electron chi connectivity index (χ3n) is 5.63. The molecule has 33 heavy (non-hydrogen) atoms. The van der Waals surface area contributed by atoms with Gasteiger partial charge in [-0.05, 0) is 55.7 Å². The Bertz CT molecular complexity index is 1030. The van der Waals surface area contributed by atoms with Crippen molar-refractivity contribution in [3.05, 3.63) is 58.6 Å². The molecule has 7 heteroatoms. The second-order valence-corrected chi connectivity index (χ2v) is 9.72. The molecule has 1 aromatic heterocycles. The molecule has 0 radical (unpaired) electrons. The molecule has 0 aliphatic heterocycles. The third-order valence-corrected chi connectivity index (χ3v) is 6.85. The van der Waals surface area contributed by atoms with E-state index in [0.717, 1.165) is 46.3 Å². The van der Waals surface area contributed by atoms with Crippen molar-refractivity contribution in [3.63, 3.8) is 0 Å². The van der Waals surface area contributed by atoms with E-state index in [9.17, 15) is 4.79 Å². The van der Waals surface area contributed by atoms with Crippen LogP contribution in [0.5, 0.6) is 0 Å². The first-order valence-corrected chi connectivity index (χ1v) is 13.0. The summed E-state index contributed by atoms with van der Waals surface area (Å²) in [6.07, 6.45) is 7.30. The van der Waals surface area contributed by atoms with Gasteiger partial charge in [-0.2, -0.15) is 0 Å². The minimum absolute atomic E-state index is 0.0421. The molecule has 0 unspecified atom stereocenters. The van der Waals surface area contributed by atoms with Crippen LogP contribution < -0.4 is 5.32 Å². The Kier molecular flexibility index (Phi) is 9.82. The summed E-state index contributed by atoms with van der Waals surface area (Å²) in [4.78, 5) is 12.7. The van der Waals surface area contributed by atoms with Crippen molar-refractivity contribution in [2.75, 3.05) is 11.1 Å². The van der Waals surface area contributed by atoms with Crippen molar-refractivity contribution in [3.8, 4) is 11.4 Å². The van der Waals surface area contributed by atoms with E-state index in [-0.39, 0.29) is 11.7 Å². The number of carbonyl (C=O) groups excluding carboxylic acids is 1. The SMILES string of the molecule is CCCCCCCCn1c(SCC(=O)Nc2c(C)cccc2C)nnc1-c1ccc(Cl)cc1. The van der Waals surface area contributed by atoms with Gasteiger partial charge >= 0.3 is 0 Å². The van der Waals surface area contributed by atoms with Gasteiger partial charge in [0.2, 0.25) is 5.91 Å². The maximum absolute atomic E-state index is 12.7. The molecule has 0 fully saturated rings. The number of carbonyl (C=O) groups is 1. The van der Waals surface area contributed by atoms with Crippen LogP contribution in [0.15, 0.2) is 47.6 Å². The zero-order valence-corrected chi connectivity index (χ0v) is 21.3. The molecular formula is C26H33ClN4OS. The molecule has 3 rings (SSSR count). The van der Waals surface area contributed by atoms with Crippen LogP contribution in [0.4, 0.5) is 5.69 Å². The van der Waals surface area contributed by atoms with Gasteiger partial charge in [0.1, 0.15) is 0 Å². The molecule has 3 aromatic rings. The van der Waals surface area contributed by atoms with E-state index in [1.807, 2.05) is 56.3 Å². The average molecular weight is 485 g/mol. The summed E-state index contributed by atoms with van der Waals surface area (Å²) in [7, 11) is 0. The topological polar surface area (TPSA) is 59.8 Å². The van der Waals surface area contributed by atoms with E-state index in [1.54, 1.807) is 0 Å². The van der Waals surface area contributed by atoms with E-state index in [2.05, 4.69) is 27.0 Å². The number of unbranched alkanes of at least 4 members (excludes halogenated alkanes) is 5. The lowest BCUT2D eigenvalue weighted by Crippen LogP contribution is -2.16. The lowest BCUT2D eigenvalue weighted by molar-refractivity contribution is -0.113. The largest absolute Gasteiger partial charge is 0.325 e. The Morgan fingerprint density at radius 2 is 1.64 bits per heavy atom. The van der Waals surface area contributed by atoms with Gasteiger partial charge in [0.15, 0.2) is 11.0 Å². The fourth-order valence-corrected chi connectivity index (χ4v) is 4.67. The number of hydrogen-bond donors (Lipinski definition) is 1. The molecule has 0 aliphatic rings. The first-order chi connectivity index (χ1) is 16.0. The Balaban J connectivity index is 1.69. The van der Waals surface area contributed by atoms with Crippen molar-refractivity contribution < 1.29 is 4.79 Å². The summed E-state index contributed by atoms with van der Waals surface area (Å²) in [6.45, 7) is 7.07. The molecule has 1 heterocycles. The smallest absolute Gasteiger partial charge is 0.234 e. The molecule has 0 saturated carbocycles. The fourth-order valence-electron chi connectivity index (χ4n) is 3.78. The van der Waals surface area contributed by atoms with Crippen molar-refractivity contribution in [1.82, 2.24) is 14.8 Å². The van der Waals surface area contributed by atoms with Crippen LogP contribution in [-0.4, -0.2) is 26.4 Å². The number of halogens is 1. The average Bonchev–Trinajstić information content (AvgIpc) is 3.20. The fraction of sp³-hybridized carbons (Fsp3) is 0.423. The van der Waals surface area contributed by atoms with Gasteiger partial charge in [0, 0.05) is 22.8 Å². The zero-order valence-electron chi connectivity index (χ0n) is 19.7. The molecule has 0 atom stereocenters. The molecule has 1 amide bonds. The third kappa shape index (κ3) is 7.34. The van der Waals surface area contributed by atoms with Gasteiger partial charge in [0.05, 0.1) is 5.75 Å². The van der Waals surface area contributed by atoms with Gasteiger partial charge in [-0.3, -0.25) is 4.79 Å². The minimum Gasteiger partial charge on any atom is -0.325 e. The molecule has 1 N–H and O–H groups in total. The van der Waals surface area contributed by atoms with Crippen LogP contribution in [0.1, 0.15) is 56.6 Å². The summed E-state index contributed by atoms with van der Waals surface area (Å²) in [5, 5.41) is 13.4. The van der Waals surface area contributed by atoms with Crippen molar-refractivity contribution >= 4 is 35.0 Å². The van der Waals surface area contributed by atoms with Crippen LogP contribution in [-0.2, 0) is 11.3 Å². The summed E-state index contributed by atoms with van der Waals surface area (Å²) < 4.78 is 2.14. The molecule has 0 spiro atoms. The lowest BCUT2D eigenvalue weighted by atomic mass is 10.1. The summed E-state index contributed by atoms with van der Waals surface area (Å²) in [5.41, 5.74) is 3.98. The maximum atomic E-state index is 12.7. The first kappa shape index (κ1) is 25.3. The van der Waals surface area contributed by atoms with Crippen LogP contribution >= 0.6 is 23.4 Å². The van der Waals surface area contributed by atoms with Gasteiger partial charge in [-0.25, -0.2) is 0 Å². The number of aromatic nitrogens is 3. The molecule has 176 valence electrons. The van der Waals surface area contributed by atoms with E-state index >= 15 is 0 Å². The summed E-state index contributed by atoms with van der Waals surface area (Å²) >= 11 is 7.50. The zero-order chi connectivity index (χ0) is 23.6. The normalized spacial score (nSPS) is 11.0. The highest BCUT2D eigenvalue weighted by Crippen LogP contribution is 2.27. The van der Waals surface area contributed by atoms with Crippen LogP contribution in [0, 0.1) is 13.8 Å². The number of nitrogens with zero attached hydrogens (tertiary/aromatic N) is 3. The lowest BCUT2D eigenvalue weighted by Gasteiger charge is -2.12. The van der Waals surface area contributed by atoms with Gasteiger partial charge in [-0.1, -0.05) is 80.6 Å². The van der Waals surface area contributed by atoms with Crippen LogP contribution in [0.2, 0.25) is 5.02 Å². The van der Waals surface area contributed by atoms with Gasteiger partial charge < -0.3 is 9.88 Å². The number of amides is 1. The standard InChI is InChI=1S/C26H33ClN4OS/c1-4-5-6-7-8-9-17-31-25(21-13-15-22(27)16-14-21)29-30-26(31)33-18-23(32)28-24-19(2)11-10-12-20(24)3/h10-16H,4-9,17-18H2,1-3H3,(H,28,32). The predicted octanol–water partition coefficient (Wildman–Crippen LogP) is 7.31. The van der Waals surface area contributed by atoms with Crippen LogP contribution in [0.3, 0.4) is 0 Å². The van der Waals surface area contributed by atoms with E-state index in [0.29, 0.717) is 5.02 Å². The van der Waals surface area contributed by atoms with Crippen LogP contribution in [0.25, 0.3) is 11.4 Å². The number of nitrogens with one attached hydrogen (secondary N) is 1. The van der Waals surface area contributed by atoms with Crippen molar-refractivity contribution in [2.45, 2.75) is 71.0 Å². The van der Waals surface area contributed by atoms with E-state index < -0.39 is 0 Å². The number of benzene rings is 2. The number of thioether (sulfide) groups is 1.